The monoisotopic (exact) mass is 276 g/mol. The summed E-state index contributed by atoms with van der Waals surface area (Å²) >= 11 is 0. The minimum atomic E-state index is -0.366. The van der Waals surface area contributed by atoms with Crippen LogP contribution in [0.2, 0.25) is 0 Å². The van der Waals surface area contributed by atoms with Gasteiger partial charge < -0.3 is 10.6 Å². The number of hydrogen-bond donors (Lipinski definition) is 1. The summed E-state index contributed by atoms with van der Waals surface area (Å²) in [4.78, 5) is 14.8. The van der Waals surface area contributed by atoms with E-state index in [1.54, 1.807) is 12.1 Å². The highest BCUT2D eigenvalue weighted by molar-refractivity contribution is 5.73. The van der Waals surface area contributed by atoms with E-state index in [1.807, 2.05) is 11.0 Å². The summed E-state index contributed by atoms with van der Waals surface area (Å²) in [6, 6.07) is 6.45. The molecule has 0 radical (unpaired) electrons. The van der Waals surface area contributed by atoms with Crippen molar-refractivity contribution in [2.24, 2.45) is 5.73 Å². The number of rotatable bonds is 4. The Hall–Kier alpha value is -2.13. The summed E-state index contributed by atoms with van der Waals surface area (Å²) in [7, 11) is 0. The second kappa shape index (κ2) is 6.35. The van der Waals surface area contributed by atoms with Gasteiger partial charge in [0.2, 0.25) is 5.91 Å². The highest BCUT2D eigenvalue weighted by Gasteiger charge is 2.19. The number of primary amides is 1. The molecular weight excluding hydrogens is 259 g/mol. The van der Waals surface area contributed by atoms with Crippen molar-refractivity contribution in [3.63, 3.8) is 0 Å². The van der Waals surface area contributed by atoms with Crippen molar-refractivity contribution in [3.8, 4) is 6.07 Å². The molecule has 5 nitrogen and oxygen atoms in total. The third kappa shape index (κ3) is 3.45. The van der Waals surface area contributed by atoms with Crippen LogP contribution in [0.25, 0.3) is 0 Å². The molecule has 0 aliphatic carbocycles. The molecule has 1 aliphatic rings. The number of carbonyl (C=O) groups excluding carboxylic acids is 1. The van der Waals surface area contributed by atoms with E-state index >= 15 is 0 Å². The zero-order chi connectivity index (χ0) is 14.5. The minimum Gasteiger partial charge on any atom is -0.370 e. The van der Waals surface area contributed by atoms with Gasteiger partial charge in [0.1, 0.15) is 5.82 Å². The van der Waals surface area contributed by atoms with Crippen LogP contribution in [-0.2, 0) is 4.79 Å². The molecule has 1 amide bonds. The van der Waals surface area contributed by atoms with Crippen LogP contribution in [0.5, 0.6) is 0 Å². The van der Waals surface area contributed by atoms with Gasteiger partial charge in [-0.2, -0.15) is 5.26 Å². The highest BCUT2D eigenvalue weighted by atomic mass is 19.1. The largest absolute Gasteiger partial charge is 0.370 e. The molecule has 0 aromatic heterocycles. The predicted octanol–water partition coefficient (Wildman–Crippen LogP) is 0.695. The molecule has 0 saturated carbocycles. The summed E-state index contributed by atoms with van der Waals surface area (Å²) < 4.78 is 13.9. The first-order valence-corrected chi connectivity index (χ1v) is 6.55. The summed E-state index contributed by atoms with van der Waals surface area (Å²) in [5.41, 5.74) is 5.97. The lowest BCUT2D eigenvalue weighted by Crippen LogP contribution is -2.47. The molecule has 0 spiro atoms. The number of nitriles is 1. The number of piperazine rings is 1. The number of anilines is 1. The molecule has 0 unspecified atom stereocenters. The number of hydrogen-bond acceptors (Lipinski definition) is 4. The number of amides is 1. The third-order valence-electron chi connectivity index (χ3n) is 3.46. The Morgan fingerprint density at radius 3 is 2.60 bits per heavy atom. The van der Waals surface area contributed by atoms with Crippen molar-refractivity contribution in [2.75, 3.05) is 37.6 Å². The van der Waals surface area contributed by atoms with Gasteiger partial charge >= 0.3 is 0 Å². The van der Waals surface area contributed by atoms with Crippen LogP contribution in [0, 0.1) is 17.1 Å². The summed E-state index contributed by atoms with van der Waals surface area (Å²) in [5, 5.41) is 8.73. The van der Waals surface area contributed by atoms with Crippen molar-refractivity contribution in [2.45, 2.75) is 6.42 Å². The first-order chi connectivity index (χ1) is 9.60. The highest BCUT2D eigenvalue weighted by Crippen LogP contribution is 2.21. The number of nitrogens with zero attached hydrogens (tertiary/aromatic N) is 3. The maximum absolute atomic E-state index is 13.9. The first-order valence-electron chi connectivity index (χ1n) is 6.55. The van der Waals surface area contributed by atoms with Crippen molar-refractivity contribution in [1.29, 1.82) is 5.26 Å². The lowest BCUT2D eigenvalue weighted by Gasteiger charge is -2.36. The molecule has 2 rings (SSSR count). The average Bonchev–Trinajstić information content (AvgIpc) is 2.45. The van der Waals surface area contributed by atoms with Gasteiger partial charge in [-0.05, 0) is 18.2 Å². The van der Waals surface area contributed by atoms with E-state index in [2.05, 4.69) is 4.90 Å². The molecule has 1 aromatic carbocycles. The van der Waals surface area contributed by atoms with Gasteiger partial charge in [-0.15, -0.1) is 0 Å². The number of benzene rings is 1. The third-order valence-corrected chi connectivity index (χ3v) is 3.46. The maximum atomic E-state index is 13.9. The summed E-state index contributed by atoms with van der Waals surface area (Å²) in [6.45, 7) is 3.58. The molecule has 0 atom stereocenters. The van der Waals surface area contributed by atoms with Crippen LogP contribution < -0.4 is 10.6 Å². The molecule has 1 fully saturated rings. The summed E-state index contributed by atoms with van der Waals surface area (Å²) in [5.74, 6) is -0.666. The van der Waals surface area contributed by atoms with Crippen molar-refractivity contribution < 1.29 is 9.18 Å². The van der Waals surface area contributed by atoms with E-state index in [0.29, 0.717) is 37.3 Å². The second-order valence-electron chi connectivity index (χ2n) is 4.82. The topological polar surface area (TPSA) is 73.4 Å². The van der Waals surface area contributed by atoms with Gasteiger partial charge in [0, 0.05) is 39.1 Å². The van der Waals surface area contributed by atoms with E-state index < -0.39 is 0 Å². The van der Waals surface area contributed by atoms with E-state index in [9.17, 15) is 9.18 Å². The fourth-order valence-electron chi connectivity index (χ4n) is 2.31. The normalized spacial score (nSPS) is 15.9. The van der Waals surface area contributed by atoms with Gasteiger partial charge in [-0.25, -0.2) is 4.39 Å². The van der Waals surface area contributed by atoms with Crippen molar-refractivity contribution >= 4 is 11.6 Å². The van der Waals surface area contributed by atoms with Gasteiger partial charge in [0.05, 0.1) is 17.3 Å². The Kier molecular flexibility index (Phi) is 4.53. The molecule has 106 valence electrons. The van der Waals surface area contributed by atoms with Crippen LogP contribution in [0.4, 0.5) is 10.1 Å². The predicted molar refractivity (Wildman–Crippen MR) is 73.6 cm³/mol. The maximum Gasteiger partial charge on any atom is 0.218 e. The van der Waals surface area contributed by atoms with Crippen LogP contribution >= 0.6 is 0 Å². The fraction of sp³-hybridized carbons (Fsp3) is 0.429. The molecular formula is C14H17FN4O. The fourth-order valence-corrected chi connectivity index (χ4v) is 2.31. The van der Waals surface area contributed by atoms with Crippen LogP contribution in [0.1, 0.15) is 12.0 Å². The van der Waals surface area contributed by atoms with Gasteiger partial charge in [-0.1, -0.05) is 0 Å². The smallest absolute Gasteiger partial charge is 0.218 e. The zero-order valence-electron chi connectivity index (χ0n) is 11.2. The molecule has 1 aliphatic heterocycles. The minimum absolute atomic E-state index is 0.300. The Bertz CT molecular complexity index is 532. The summed E-state index contributed by atoms with van der Waals surface area (Å²) in [6.07, 6.45) is 0.352. The number of carbonyl (C=O) groups is 1. The quantitative estimate of drug-likeness (QED) is 0.878. The Balaban J connectivity index is 1.94. The molecule has 2 N–H and O–H groups in total. The number of nitrogens with two attached hydrogens (primary N) is 1. The molecule has 1 saturated heterocycles. The van der Waals surface area contributed by atoms with Crippen molar-refractivity contribution in [1.82, 2.24) is 4.90 Å². The van der Waals surface area contributed by atoms with Gasteiger partial charge in [0.25, 0.3) is 0 Å². The zero-order valence-corrected chi connectivity index (χ0v) is 11.2. The van der Waals surface area contributed by atoms with Crippen LogP contribution in [-0.4, -0.2) is 43.5 Å². The Morgan fingerprint density at radius 1 is 1.35 bits per heavy atom. The first kappa shape index (κ1) is 14.3. The van der Waals surface area contributed by atoms with E-state index in [4.69, 9.17) is 11.0 Å². The Morgan fingerprint density at radius 2 is 2.05 bits per heavy atom. The molecule has 1 aromatic rings. The number of halogens is 1. The van der Waals surface area contributed by atoms with E-state index in [-0.39, 0.29) is 11.7 Å². The van der Waals surface area contributed by atoms with Crippen LogP contribution in [0.3, 0.4) is 0 Å². The molecule has 0 bridgehead atoms. The standard InChI is InChI=1S/C14H17FN4O/c15-12-9-11(10-16)1-2-13(12)19-7-5-18(6-8-19)4-3-14(17)20/h1-2,9H,3-8H2,(H2,17,20). The van der Waals surface area contributed by atoms with E-state index in [0.717, 1.165) is 13.1 Å². The lowest BCUT2D eigenvalue weighted by atomic mass is 10.2. The molecule has 6 heteroatoms. The lowest BCUT2D eigenvalue weighted by molar-refractivity contribution is -0.118. The van der Waals surface area contributed by atoms with E-state index in [1.165, 1.54) is 6.07 Å². The van der Waals surface area contributed by atoms with Crippen molar-refractivity contribution in [3.05, 3.63) is 29.6 Å². The Labute approximate surface area is 117 Å². The van der Waals surface area contributed by atoms with Gasteiger partial charge in [-0.3, -0.25) is 9.69 Å². The van der Waals surface area contributed by atoms with Gasteiger partial charge in [0.15, 0.2) is 0 Å². The molecule has 20 heavy (non-hydrogen) atoms. The SMILES string of the molecule is N#Cc1ccc(N2CCN(CCC(N)=O)CC2)c(F)c1. The van der Waals surface area contributed by atoms with Crippen LogP contribution in [0.15, 0.2) is 18.2 Å². The second-order valence-corrected chi connectivity index (χ2v) is 4.82. The average molecular weight is 276 g/mol. The molecule has 1 heterocycles.